The molecule has 0 radical (unpaired) electrons. The second-order valence-corrected chi connectivity index (χ2v) is 18.7. The van der Waals surface area contributed by atoms with Crippen LogP contribution in [0.1, 0.15) is 53.0 Å². The molecule has 0 bridgehead atoms. The molecule has 246 valence electrons. The molecule has 12 heteroatoms. The highest BCUT2D eigenvalue weighted by molar-refractivity contribution is 6.74. The van der Waals surface area contributed by atoms with Crippen molar-refractivity contribution in [1.29, 1.82) is 0 Å². The van der Waals surface area contributed by atoms with Crippen molar-refractivity contribution >= 4 is 14.4 Å². The van der Waals surface area contributed by atoms with Crippen molar-refractivity contribution < 1.29 is 23.2 Å². The smallest absolute Gasteiger partial charge is 0.410 e. The van der Waals surface area contributed by atoms with Crippen LogP contribution in [0.5, 0.6) is 5.75 Å². The zero-order valence-electron chi connectivity index (χ0n) is 28.8. The quantitative estimate of drug-likeness (QED) is 0.160. The molecule has 0 saturated heterocycles. The maximum absolute atomic E-state index is 12.8. The summed E-state index contributed by atoms with van der Waals surface area (Å²) in [6.45, 7) is 20.8. The summed E-state index contributed by atoms with van der Waals surface area (Å²) in [6, 6.07) is 9.51. The predicted molar refractivity (Wildman–Crippen MR) is 180 cm³/mol. The van der Waals surface area contributed by atoms with Crippen LogP contribution in [0.3, 0.4) is 0 Å². The highest BCUT2D eigenvalue weighted by Gasteiger charge is 2.40. The maximum Gasteiger partial charge on any atom is 0.410 e. The number of carbonyl (C=O) groups excluding carboxylic acids is 1. The lowest BCUT2D eigenvalue weighted by Gasteiger charge is -2.40. The minimum atomic E-state index is -2.20. The third-order valence-corrected chi connectivity index (χ3v) is 12.4. The van der Waals surface area contributed by atoms with E-state index < -0.39 is 20.0 Å². The third kappa shape index (κ3) is 8.76. The summed E-state index contributed by atoms with van der Waals surface area (Å²) < 4.78 is 24.1. The zero-order valence-corrected chi connectivity index (χ0v) is 29.8. The molecule has 1 atom stereocenters. The molecule has 4 aromatic rings. The first kappa shape index (κ1) is 34.7. The number of nitrogens with zero attached hydrogens (tertiary/aromatic N) is 6. The molecule has 0 aliphatic carbocycles. The first-order valence-electron chi connectivity index (χ1n) is 15.4. The van der Waals surface area contributed by atoms with E-state index in [1.807, 2.05) is 65.0 Å². The lowest BCUT2D eigenvalue weighted by Crippen LogP contribution is -2.49. The fraction of sp³-hybridized carbons (Fsp3) is 0.471. The molecule has 1 aromatic carbocycles. The van der Waals surface area contributed by atoms with Gasteiger partial charge in [-0.25, -0.2) is 24.7 Å². The molecule has 1 amide bonds. The molecule has 0 N–H and O–H groups in total. The number of carbonyl (C=O) groups is 1. The van der Waals surface area contributed by atoms with E-state index in [0.29, 0.717) is 35.3 Å². The first-order chi connectivity index (χ1) is 21.4. The van der Waals surface area contributed by atoms with Crippen LogP contribution in [-0.4, -0.2) is 76.3 Å². The number of likely N-dealkylation sites (N-methyl/N-ethyl adjacent to an activating group) is 1. The van der Waals surface area contributed by atoms with Crippen LogP contribution in [0.25, 0.3) is 33.9 Å². The fourth-order valence-electron chi connectivity index (χ4n) is 4.48. The van der Waals surface area contributed by atoms with Crippen LogP contribution in [0.15, 0.2) is 53.6 Å². The molecule has 46 heavy (non-hydrogen) atoms. The van der Waals surface area contributed by atoms with Gasteiger partial charge in [0.1, 0.15) is 30.0 Å². The molecule has 0 aliphatic rings. The summed E-state index contributed by atoms with van der Waals surface area (Å²) >= 11 is 0. The van der Waals surface area contributed by atoms with Gasteiger partial charge >= 0.3 is 6.09 Å². The van der Waals surface area contributed by atoms with Gasteiger partial charge in [0.2, 0.25) is 0 Å². The Kier molecular flexibility index (Phi) is 10.3. The summed E-state index contributed by atoms with van der Waals surface area (Å²) in [6.07, 6.45) is 4.12. The van der Waals surface area contributed by atoms with E-state index in [-0.39, 0.29) is 17.7 Å². The van der Waals surface area contributed by atoms with Gasteiger partial charge in [0, 0.05) is 30.6 Å². The average molecular weight is 647 g/mol. The molecule has 3 aromatic heterocycles. The second-order valence-electron chi connectivity index (χ2n) is 14.0. The molecular weight excluding hydrogens is 600 g/mol. The van der Waals surface area contributed by atoms with Gasteiger partial charge in [-0.1, -0.05) is 38.1 Å². The van der Waals surface area contributed by atoms with Crippen LogP contribution >= 0.6 is 0 Å². The largest absolute Gasteiger partial charge is 0.491 e. The van der Waals surface area contributed by atoms with Gasteiger partial charge in [0.15, 0.2) is 14.1 Å². The van der Waals surface area contributed by atoms with Gasteiger partial charge in [-0.05, 0) is 71.0 Å². The summed E-state index contributed by atoms with van der Waals surface area (Å²) in [7, 11) is -0.483. The average Bonchev–Trinajstić information content (AvgIpc) is 3.32. The number of amides is 1. The number of hydrogen-bond acceptors (Lipinski definition) is 10. The van der Waals surface area contributed by atoms with Gasteiger partial charge in [-0.3, -0.25) is 0 Å². The Hall–Kier alpha value is -4.16. The van der Waals surface area contributed by atoms with Crippen molar-refractivity contribution in [2.45, 2.75) is 85.2 Å². The van der Waals surface area contributed by atoms with Crippen LogP contribution in [0.4, 0.5) is 4.79 Å². The van der Waals surface area contributed by atoms with Crippen LogP contribution in [0, 0.1) is 13.8 Å². The Balaban J connectivity index is 1.64. The molecule has 0 saturated carbocycles. The van der Waals surface area contributed by atoms with E-state index in [0.717, 1.165) is 22.4 Å². The van der Waals surface area contributed by atoms with Crippen LogP contribution in [0.2, 0.25) is 18.1 Å². The monoisotopic (exact) mass is 646 g/mol. The van der Waals surface area contributed by atoms with E-state index in [4.69, 9.17) is 28.4 Å². The SMILES string of the molecule is Cc1noc(C)c1-c1cc(-c2cncnc2)nc(-c2cccc(OCC(CN(C)C(=O)OC(C)(C)C)O[Si](C)(C)C(C)(C)C)c2)n1. The molecule has 0 fully saturated rings. The highest BCUT2D eigenvalue weighted by Crippen LogP contribution is 2.38. The second kappa shape index (κ2) is 13.7. The molecular formula is C34H46N6O5Si. The number of benzene rings is 1. The van der Waals surface area contributed by atoms with Crippen molar-refractivity contribution in [3.05, 3.63) is 60.5 Å². The Bertz CT molecular complexity index is 1630. The maximum atomic E-state index is 12.8. The Labute approximate surface area is 272 Å². The van der Waals surface area contributed by atoms with Crippen molar-refractivity contribution in [2.75, 3.05) is 20.2 Å². The topological polar surface area (TPSA) is 126 Å². The van der Waals surface area contributed by atoms with Gasteiger partial charge in [-0.15, -0.1) is 0 Å². The van der Waals surface area contributed by atoms with E-state index in [2.05, 4.69) is 49.0 Å². The third-order valence-electron chi connectivity index (χ3n) is 7.85. The number of hydrogen-bond donors (Lipinski definition) is 0. The molecule has 0 aliphatic heterocycles. The van der Waals surface area contributed by atoms with Gasteiger partial charge in [-0.2, -0.15) is 0 Å². The van der Waals surface area contributed by atoms with Crippen molar-refractivity contribution in [1.82, 2.24) is 30.0 Å². The minimum absolute atomic E-state index is 0.0271. The number of aryl methyl sites for hydroxylation is 2. The molecule has 3 heterocycles. The first-order valence-corrected chi connectivity index (χ1v) is 18.3. The van der Waals surface area contributed by atoms with E-state index >= 15 is 0 Å². The fourth-order valence-corrected chi connectivity index (χ4v) is 5.81. The summed E-state index contributed by atoms with van der Waals surface area (Å²) in [5.41, 5.74) is 3.81. The number of ether oxygens (including phenoxy) is 2. The lowest BCUT2D eigenvalue weighted by atomic mass is 10.1. The minimum Gasteiger partial charge on any atom is -0.491 e. The number of aromatic nitrogens is 5. The summed E-state index contributed by atoms with van der Waals surface area (Å²) in [4.78, 5) is 32.5. The Morgan fingerprint density at radius 2 is 1.65 bits per heavy atom. The summed E-state index contributed by atoms with van der Waals surface area (Å²) in [5.74, 6) is 1.79. The molecule has 1 unspecified atom stereocenters. The lowest BCUT2D eigenvalue weighted by molar-refractivity contribution is 0.0172. The van der Waals surface area contributed by atoms with E-state index in [1.54, 1.807) is 24.3 Å². The Morgan fingerprint density at radius 3 is 2.26 bits per heavy atom. The number of rotatable bonds is 10. The van der Waals surface area contributed by atoms with Crippen LogP contribution < -0.4 is 4.74 Å². The van der Waals surface area contributed by atoms with Crippen molar-refractivity contribution in [3.8, 4) is 39.7 Å². The molecule has 11 nitrogen and oxygen atoms in total. The van der Waals surface area contributed by atoms with Crippen molar-refractivity contribution in [2.24, 2.45) is 0 Å². The zero-order chi connectivity index (χ0) is 33.9. The van der Waals surface area contributed by atoms with Gasteiger partial charge in [0.05, 0.1) is 35.3 Å². The van der Waals surface area contributed by atoms with Gasteiger partial charge < -0.3 is 23.3 Å². The van der Waals surface area contributed by atoms with E-state index in [1.165, 1.54) is 6.33 Å². The summed E-state index contributed by atoms with van der Waals surface area (Å²) in [5, 5.41) is 4.09. The van der Waals surface area contributed by atoms with Crippen LogP contribution in [-0.2, 0) is 9.16 Å². The normalized spacial score (nSPS) is 12.9. The van der Waals surface area contributed by atoms with Crippen molar-refractivity contribution in [3.63, 3.8) is 0 Å². The Morgan fingerprint density at radius 1 is 0.978 bits per heavy atom. The van der Waals surface area contributed by atoms with E-state index in [9.17, 15) is 4.79 Å². The molecule has 4 rings (SSSR count). The standard InChI is InChI=1S/C34H46N6O5Si/c1-22-30(23(2)44-39-22)29-16-28(25-17-35-21-36-18-25)37-31(38-29)24-13-12-14-26(15-24)42-20-27(45-46(10,11)34(6,7)8)19-40(9)32(41)43-33(3,4)5/h12-18,21,27H,19-20H2,1-11H3. The van der Waals surface area contributed by atoms with Gasteiger partial charge in [0.25, 0.3) is 0 Å². The molecule has 0 spiro atoms. The highest BCUT2D eigenvalue weighted by atomic mass is 28.4. The predicted octanol–water partition coefficient (Wildman–Crippen LogP) is 7.51.